The molecule has 1 aliphatic heterocycles. The molecule has 1 heterocycles. The second-order valence-corrected chi connectivity index (χ2v) is 4.12. The highest BCUT2D eigenvalue weighted by Crippen LogP contribution is 2.15. The molecule has 0 aromatic rings. The highest BCUT2D eigenvalue weighted by Gasteiger charge is 2.24. The normalized spacial score (nSPS) is 19.0. The van der Waals surface area contributed by atoms with E-state index in [-0.39, 0.29) is 5.91 Å². The Kier molecular flexibility index (Phi) is 4.59. The van der Waals surface area contributed by atoms with Crippen LogP contribution in [0.3, 0.4) is 0 Å². The molecule has 1 rings (SSSR count). The highest BCUT2D eigenvalue weighted by molar-refractivity contribution is 5.78. The molecule has 86 valence electrons. The maximum atomic E-state index is 11.5. The van der Waals surface area contributed by atoms with Crippen LogP contribution in [-0.4, -0.2) is 35.0 Å². The van der Waals surface area contributed by atoms with Gasteiger partial charge in [0.15, 0.2) is 0 Å². The zero-order valence-electron chi connectivity index (χ0n) is 9.24. The molecule has 0 bridgehead atoms. The molecule has 0 aromatic carbocycles. The summed E-state index contributed by atoms with van der Waals surface area (Å²) in [5.74, 6) is -1.06. The molecule has 0 spiro atoms. The SMILES string of the molecule is CCCC(CN1CCCCC1=O)C(=O)O. The van der Waals surface area contributed by atoms with Crippen molar-refractivity contribution in [3.63, 3.8) is 0 Å². The van der Waals surface area contributed by atoms with E-state index in [1.54, 1.807) is 4.90 Å². The third-order valence-electron chi connectivity index (χ3n) is 2.85. The number of carbonyl (C=O) groups excluding carboxylic acids is 1. The minimum atomic E-state index is -0.782. The van der Waals surface area contributed by atoms with Gasteiger partial charge in [-0.25, -0.2) is 0 Å². The van der Waals surface area contributed by atoms with Crippen LogP contribution < -0.4 is 0 Å². The average molecular weight is 213 g/mol. The molecule has 0 aliphatic carbocycles. The number of carboxylic acids is 1. The average Bonchev–Trinajstić information content (AvgIpc) is 2.20. The van der Waals surface area contributed by atoms with Crippen molar-refractivity contribution >= 4 is 11.9 Å². The first-order valence-corrected chi connectivity index (χ1v) is 5.65. The van der Waals surface area contributed by atoms with Gasteiger partial charge in [0.2, 0.25) is 5.91 Å². The summed E-state index contributed by atoms with van der Waals surface area (Å²) in [6.07, 6.45) is 4.03. The fraction of sp³-hybridized carbons (Fsp3) is 0.818. The summed E-state index contributed by atoms with van der Waals surface area (Å²) in [5, 5.41) is 8.98. The topological polar surface area (TPSA) is 57.6 Å². The number of likely N-dealkylation sites (tertiary alicyclic amines) is 1. The number of carbonyl (C=O) groups is 2. The lowest BCUT2D eigenvalue weighted by molar-refractivity contribution is -0.144. The van der Waals surface area contributed by atoms with Crippen LogP contribution in [0.25, 0.3) is 0 Å². The molecule has 1 atom stereocenters. The molecule has 0 saturated carbocycles. The van der Waals surface area contributed by atoms with Gasteiger partial charge in [-0.3, -0.25) is 9.59 Å². The minimum Gasteiger partial charge on any atom is -0.481 e. The van der Waals surface area contributed by atoms with Gasteiger partial charge in [0.05, 0.1) is 5.92 Å². The van der Waals surface area contributed by atoms with Gasteiger partial charge >= 0.3 is 5.97 Å². The first-order chi connectivity index (χ1) is 7.15. The first kappa shape index (κ1) is 12.0. The van der Waals surface area contributed by atoms with E-state index in [0.717, 1.165) is 25.8 Å². The summed E-state index contributed by atoms with van der Waals surface area (Å²) in [4.78, 5) is 24.1. The Morgan fingerprint density at radius 2 is 2.27 bits per heavy atom. The van der Waals surface area contributed by atoms with Crippen LogP contribution >= 0.6 is 0 Å². The van der Waals surface area contributed by atoms with Crippen LogP contribution in [0.4, 0.5) is 0 Å². The quantitative estimate of drug-likeness (QED) is 0.753. The van der Waals surface area contributed by atoms with Crippen molar-refractivity contribution in [2.75, 3.05) is 13.1 Å². The summed E-state index contributed by atoms with van der Waals surface area (Å²) in [5.41, 5.74) is 0. The van der Waals surface area contributed by atoms with Crippen molar-refractivity contribution in [1.29, 1.82) is 0 Å². The largest absolute Gasteiger partial charge is 0.481 e. The predicted molar refractivity (Wildman–Crippen MR) is 56.5 cm³/mol. The maximum absolute atomic E-state index is 11.5. The minimum absolute atomic E-state index is 0.114. The first-order valence-electron chi connectivity index (χ1n) is 5.65. The van der Waals surface area contributed by atoms with E-state index in [9.17, 15) is 9.59 Å². The van der Waals surface area contributed by atoms with Crippen molar-refractivity contribution < 1.29 is 14.7 Å². The maximum Gasteiger partial charge on any atom is 0.308 e. The zero-order valence-corrected chi connectivity index (χ0v) is 9.24. The Labute approximate surface area is 90.3 Å². The monoisotopic (exact) mass is 213 g/mol. The molecule has 1 unspecified atom stereocenters. The summed E-state index contributed by atoms with van der Waals surface area (Å²) in [6, 6.07) is 0. The Morgan fingerprint density at radius 3 is 2.80 bits per heavy atom. The Morgan fingerprint density at radius 1 is 1.53 bits per heavy atom. The molecule has 4 heteroatoms. The summed E-state index contributed by atoms with van der Waals surface area (Å²) in [6.45, 7) is 3.09. The molecule has 0 aromatic heterocycles. The predicted octanol–water partition coefficient (Wildman–Crippen LogP) is 1.50. The van der Waals surface area contributed by atoms with Crippen molar-refractivity contribution in [2.45, 2.75) is 39.0 Å². The van der Waals surface area contributed by atoms with Crippen molar-refractivity contribution in [3.05, 3.63) is 0 Å². The lowest BCUT2D eigenvalue weighted by Crippen LogP contribution is -2.40. The van der Waals surface area contributed by atoms with Gasteiger partial charge in [-0.2, -0.15) is 0 Å². The molecule has 1 saturated heterocycles. The molecule has 1 fully saturated rings. The van der Waals surface area contributed by atoms with Crippen LogP contribution in [0, 0.1) is 5.92 Å². The van der Waals surface area contributed by atoms with Gasteiger partial charge in [0.1, 0.15) is 0 Å². The number of hydrogen-bond donors (Lipinski definition) is 1. The summed E-state index contributed by atoms with van der Waals surface area (Å²) < 4.78 is 0. The van der Waals surface area contributed by atoms with Crippen molar-refractivity contribution in [3.8, 4) is 0 Å². The van der Waals surface area contributed by atoms with Crippen LogP contribution in [-0.2, 0) is 9.59 Å². The molecular formula is C11H19NO3. The third-order valence-corrected chi connectivity index (χ3v) is 2.85. The molecule has 15 heavy (non-hydrogen) atoms. The number of hydrogen-bond acceptors (Lipinski definition) is 2. The van der Waals surface area contributed by atoms with E-state index >= 15 is 0 Å². The van der Waals surface area contributed by atoms with Crippen LogP contribution in [0.15, 0.2) is 0 Å². The van der Waals surface area contributed by atoms with Crippen LogP contribution in [0.2, 0.25) is 0 Å². The van der Waals surface area contributed by atoms with Gasteiger partial charge < -0.3 is 10.0 Å². The van der Waals surface area contributed by atoms with E-state index in [1.807, 2.05) is 6.92 Å². The fourth-order valence-corrected chi connectivity index (χ4v) is 1.96. The molecule has 4 nitrogen and oxygen atoms in total. The van der Waals surface area contributed by atoms with Crippen molar-refractivity contribution in [1.82, 2.24) is 4.90 Å². The van der Waals surface area contributed by atoms with E-state index in [2.05, 4.69) is 0 Å². The van der Waals surface area contributed by atoms with E-state index in [1.165, 1.54) is 0 Å². The zero-order chi connectivity index (χ0) is 11.3. The second kappa shape index (κ2) is 5.73. The standard InChI is InChI=1S/C11H19NO3/c1-2-5-9(11(14)15)8-12-7-4-3-6-10(12)13/h9H,2-8H2,1H3,(H,14,15). The third kappa shape index (κ3) is 3.53. The van der Waals surface area contributed by atoms with Crippen molar-refractivity contribution in [2.24, 2.45) is 5.92 Å². The highest BCUT2D eigenvalue weighted by atomic mass is 16.4. The number of piperidine rings is 1. The number of amides is 1. The van der Waals surface area contributed by atoms with Gasteiger partial charge in [-0.05, 0) is 19.3 Å². The summed E-state index contributed by atoms with van der Waals surface area (Å²) >= 11 is 0. The van der Waals surface area contributed by atoms with Gasteiger partial charge in [0, 0.05) is 19.5 Å². The molecule has 1 N–H and O–H groups in total. The molecule has 1 amide bonds. The van der Waals surface area contributed by atoms with E-state index in [4.69, 9.17) is 5.11 Å². The Bertz CT molecular complexity index is 238. The van der Waals surface area contributed by atoms with Gasteiger partial charge in [0.25, 0.3) is 0 Å². The van der Waals surface area contributed by atoms with E-state index < -0.39 is 11.9 Å². The van der Waals surface area contributed by atoms with Gasteiger partial charge in [-0.15, -0.1) is 0 Å². The van der Waals surface area contributed by atoms with E-state index in [0.29, 0.717) is 19.4 Å². The number of rotatable bonds is 5. The smallest absolute Gasteiger partial charge is 0.308 e. The summed E-state index contributed by atoms with van der Waals surface area (Å²) in [7, 11) is 0. The number of aliphatic carboxylic acids is 1. The lowest BCUT2D eigenvalue weighted by atomic mass is 10.0. The van der Waals surface area contributed by atoms with Gasteiger partial charge in [-0.1, -0.05) is 13.3 Å². The second-order valence-electron chi connectivity index (χ2n) is 4.12. The fourth-order valence-electron chi connectivity index (χ4n) is 1.96. The lowest BCUT2D eigenvalue weighted by Gasteiger charge is -2.29. The van der Waals surface area contributed by atoms with Crippen LogP contribution in [0.5, 0.6) is 0 Å². The van der Waals surface area contributed by atoms with Crippen LogP contribution in [0.1, 0.15) is 39.0 Å². The number of nitrogens with zero attached hydrogens (tertiary/aromatic N) is 1. The molecule has 1 aliphatic rings. The Balaban J connectivity index is 2.48. The molecule has 0 radical (unpaired) electrons. The number of carboxylic acid groups (broad SMARTS) is 1. The Hall–Kier alpha value is -1.06. The molecular weight excluding hydrogens is 194 g/mol.